The highest BCUT2D eigenvalue weighted by Gasteiger charge is 2.16. The van der Waals surface area contributed by atoms with E-state index in [4.69, 9.17) is 4.74 Å². The van der Waals surface area contributed by atoms with Crippen molar-refractivity contribution in [2.24, 2.45) is 0 Å². The Morgan fingerprint density at radius 1 is 1.03 bits per heavy atom. The second-order valence-corrected chi connectivity index (χ2v) is 7.96. The third-order valence-electron chi connectivity index (χ3n) is 4.12. The van der Waals surface area contributed by atoms with Crippen molar-refractivity contribution in [1.82, 2.24) is 9.78 Å². The fourth-order valence-corrected chi connectivity index (χ4v) is 2.97. The summed E-state index contributed by atoms with van der Waals surface area (Å²) < 4.78 is 33.6. The number of carbonyl (C=O) groups is 1. The molecular weight excluding hydrogens is 390 g/mol. The lowest BCUT2D eigenvalue weighted by Crippen LogP contribution is -2.24. The summed E-state index contributed by atoms with van der Waals surface area (Å²) in [5.74, 6) is -1.81. The van der Waals surface area contributed by atoms with Crippen molar-refractivity contribution in [3.8, 4) is 5.69 Å². The van der Waals surface area contributed by atoms with Gasteiger partial charge in [0, 0.05) is 24.8 Å². The summed E-state index contributed by atoms with van der Waals surface area (Å²) in [5.41, 5.74) is 1.07. The SMILES string of the molecule is CC(C)(C)OC(=O)Cc1cccc(Cc2nn(-c3cc(F)cc(F)c3)ccc2=O)c1. The van der Waals surface area contributed by atoms with Crippen LogP contribution < -0.4 is 5.43 Å². The highest BCUT2D eigenvalue weighted by molar-refractivity contribution is 5.73. The number of hydrogen-bond donors (Lipinski definition) is 0. The second-order valence-electron chi connectivity index (χ2n) is 7.96. The molecule has 0 bridgehead atoms. The van der Waals surface area contributed by atoms with Gasteiger partial charge in [0.2, 0.25) is 5.43 Å². The minimum atomic E-state index is -0.734. The van der Waals surface area contributed by atoms with E-state index in [1.54, 1.807) is 32.9 Å². The van der Waals surface area contributed by atoms with Crippen molar-refractivity contribution in [1.29, 1.82) is 0 Å². The molecule has 0 saturated heterocycles. The zero-order valence-corrected chi connectivity index (χ0v) is 17.0. The molecule has 0 atom stereocenters. The van der Waals surface area contributed by atoms with Crippen molar-refractivity contribution in [2.45, 2.75) is 39.2 Å². The molecule has 30 heavy (non-hydrogen) atoms. The van der Waals surface area contributed by atoms with Gasteiger partial charge in [-0.1, -0.05) is 24.3 Å². The van der Waals surface area contributed by atoms with E-state index in [0.29, 0.717) is 0 Å². The molecule has 0 radical (unpaired) electrons. The smallest absolute Gasteiger partial charge is 0.310 e. The highest BCUT2D eigenvalue weighted by atomic mass is 19.1. The monoisotopic (exact) mass is 412 g/mol. The first-order valence-corrected chi connectivity index (χ1v) is 9.44. The molecular formula is C23H22F2N2O3. The summed E-state index contributed by atoms with van der Waals surface area (Å²) in [6.45, 7) is 5.41. The average molecular weight is 412 g/mol. The molecule has 7 heteroatoms. The first-order chi connectivity index (χ1) is 14.1. The van der Waals surface area contributed by atoms with Crippen molar-refractivity contribution in [3.05, 3.63) is 93.4 Å². The van der Waals surface area contributed by atoms with Crippen molar-refractivity contribution < 1.29 is 18.3 Å². The Balaban J connectivity index is 1.83. The normalized spacial score (nSPS) is 11.4. The van der Waals surface area contributed by atoms with Gasteiger partial charge >= 0.3 is 5.97 Å². The first kappa shape index (κ1) is 21.4. The van der Waals surface area contributed by atoms with Gasteiger partial charge in [0.05, 0.1) is 12.1 Å². The number of hydrogen-bond acceptors (Lipinski definition) is 4. The number of aromatic nitrogens is 2. The summed E-state index contributed by atoms with van der Waals surface area (Å²) in [5, 5.41) is 4.24. The summed E-state index contributed by atoms with van der Waals surface area (Å²) in [6, 6.07) is 11.6. The predicted molar refractivity (Wildman–Crippen MR) is 109 cm³/mol. The van der Waals surface area contributed by atoms with Crippen molar-refractivity contribution >= 4 is 5.97 Å². The molecule has 3 aromatic rings. The molecule has 0 saturated carbocycles. The largest absolute Gasteiger partial charge is 0.460 e. The number of carbonyl (C=O) groups excluding carboxylic acids is 1. The van der Waals surface area contributed by atoms with Gasteiger partial charge < -0.3 is 4.74 Å². The Kier molecular flexibility index (Phi) is 6.10. The Morgan fingerprint density at radius 3 is 2.37 bits per heavy atom. The van der Waals surface area contributed by atoms with Gasteiger partial charge in [0.1, 0.15) is 22.9 Å². The molecule has 0 aliphatic heterocycles. The van der Waals surface area contributed by atoms with Crippen LogP contribution in [0.3, 0.4) is 0 Å². The Labute approximate surface area is 172 Å². The Morgan fingerprint density at radius 2 is 1.70 bits per heavy atom. The topological polar surface area (TPSA) is 61.2 Å². The van der Waals surface area contributed by atoms with Gasteiger partial charge in [-0.3, -0.25) is 9.59 Å². The zero-order valence-electron chi connectivity index (χ0n) is 17.0. The summed E-state index contributed by atoms with van der Waals surface area (Å²) >= 11 is 0. The molecule has 2 aromatic carbocycles. The van der Waals surface area contributed by atoms with Crippen LogP contribution in [0.25, 0.3) is 5.69 Å². The molecule has 5 nitrogen and oxygen atoms in total. The van der Waals surface area contributed by atoms with Crippen LogP contribution >= 0.6 is 0 Å². The van der Waals surface area contributed by atoms with Crippen LogP contribution in [0.4, 0.5) is 8.78 Å². The molecule has 3 rings (SSSR count). The number of nitrogens with zero attached hydrogens (tertiary/aromatic N) is 2. The fourth-order valence-electron chi connectivity index (χ4n) is 2.97. The second kappa shape index (κ2) is 8.57. The van der Waals surface area contributed by atoms with Crippen LogP contribution in [0.1, 0.15) is 37.6 Å². The maximum absolute atomic E-state index is 13.5. The number of ether oxygens (including phenoxy) is 1. The van der Waals surface area contributed by atoms with Crippen molar-refractivity contribution in [2.75, 3.05) is 0 Å². The minimum Gasteiger partial charge on any atom is -0.460 e. The predicted octanol–water partition coefficient (Wildman–Crippen LogP) is 3.99. The van der Waals surface area contributed by atoms with E-state index < -0.39 is 17.2 Å². The maximum atomic E-state index is 13.5. The van der Waals surface area contributed by atoms with E-state index in [1.807, 2.05) is 12.1 Å². The molecule has 0 aliphatic rings. The van der Waals surface area contributed by atoms with Crippen LogP contribution in [0.15, 0.2) is 59.5 Å². The van der Waals surface area contributed by atoms with Crippen LogP contribution in [-0.4, -0.2) is 21.4 Å². The molecule has 0 N–H and O–H groups in total. The quantitative estimate of drug-likeness (QED) is 0.595. The number of esters is 1. The van der Waals surface area contributed by atoms with E-state index in [9.17, 15) is 18.4 Å². The Bertz CT molecular complexity index is 1110. The lowest BCUT2D eigenvalue weighted by atomic mass is 10.0. The van der Waals surface area contributed by atoms with E-state index in [-0.39, 0.29) is 35.6 Å². The average Bonchev–Trinajstić information content (AvgIpc) is 2.61. The number of rotatable bonds is 5. The van der Waals surface area contributed by atoms with E-state index in [1.165, 1.54) is 16.9 Å². The molecule has 1 heterocycles. The van der Waals surface area contributed by atoms with Gasteiger partial charge in [-0.2, -0.15) is 5.10 Å². The van der Waals surface area contributed by atoms with Gasteiger partial charge in [0.15, 0.2) is 0 Å². The van der Waals surface area contributed by atoms with Gasteiger partial charge in [-0.05, 0) is 44.0 Å². The third kappa shape index (κ3) is 5.83. The number of halogens is 2. The zero-order chi connectivity index (χ0) is 21.9. The standard InChI is InChI=1S/C23H22F2N2O3/c1-23(2,3)30-22(29)11-16-6-4-5-15(9-16)10-20-21(28)7-8-27(26-20)19-13-17(24)12-18(25)14-19/h4-9,12-14H,10-11H2,1-3H3. The summed E-state index contributed by atoms with van der Waals surface area (Å²) in [4.78, 5) is 24.3. The minimum absolute atomic E-state index is 0.111. The van der Waals surface area contributed by atoms with Crippen LogP contribution in [-0.2, 0) is 22.4 Å². The van der Waals surface area contributed by atoms with Crippen LogP contribution in [0.2, 0.25) is 0 Å². The van der Waals surface area contributed by atoms with E-state index >= 15 is 0 Å². The molecule has 0 unspecified atom stereocenters. The van der Waals surface area contributed by atoms with E-state index in [0.717, 1.165) is 29.3 Å². The summed E-state index contributed by atoms with van der Waals surface area (Å²) in [7, 11) is 0. The van der Waals surface area contributed by atoms with Gasteiger partial charge in [0.25, 0.3) is 0 Å². The molecule has 1 aromatic heterocycles. The third-order valence-corrected chi connectivity index (χ3v) is 4.12. The molecule has 0 aliphatic carbocycles. The maximum Gasteiger partial charge on any atom is 0.310 e. The molecule has 0 spiro atoms. The van der Waals surface area contributed by atoms with Crippen LogP contribution in [0, 0.1) is 11.6 Å². The van der Waals surface area contributed by atoms with Gasteiger partial charge in [-0.15, -0.1) is 0 Å². The fraction of sp³-hybridized carbons (Fsp3) is 0.261. The molecule has 156 valence electrons. The highest BCUT2D eigenvalue weighted by Crippen LogP contribution is 2.14. The molecule has 0 fully saturated rings. The summed E-state index contributed by atoms with van der Waals surface area (Å²) in [6.07, 6.45) is 1.68. The Hall–Kier alpha value is -3.35. The van der Waals surface area contributed by atoms with E-state index in [2.05, 4.69) is 5.10 Å². The number of benzene rings is 2. The first-order valence-electron chi connectivity index (χ1n) is 9.44. The lowest BCUT2D eigenvalue weighted by Gasteiger charge is -2.19. The lowest BCUT2D eigenvalue weighted by molar-refractivity contribution is -0.153. The van der Waals surface area contributed by atoms with Crippen molar-refractivity contribution in [3.63, 3.8) is 0 Å². The van der Waals surface area contributed by atoms with Crippen LogP contribution in [0.5, 0.6) is 0 Å². The van der Waals surface area contributed by atoms with Gasteiger partial charge in [-0.25, -0.2) is 13.5 Å². The molecule has 0 amide bonds.